The molecule has 1 saturated heterocycles. The molecule has 23 heavy (non-hydrogen) atoms. The highest BCUT2D eigenvalue weighted by Gasteiger charge is 2.24. The van der Waals surface area contributed by atoms with Crippen molar-refractivity contribution < 1.29 is 19.1 Å². The van der Waals surface area contributed by atoms with Gasteiger partial charge in [-0.1, -0.05) is 0 Å². The molecule has 1 unspecified atom stereocenters. The van der Waals surface area contributed by atoms with Gasteiger partial charge in [-0.25, -0.2) is 4.79 Å². The summed E-state index contributed by atoms with van der Waals surface area (Å²) in [7, 11) is 0. The summed E-state index contributed by atoms with van der Waals surface area (Å²) in [5.74, 6) is -0.0868. The number of carbonyl (C=O) groups is 2. The van der Waals surface area contributed by atoms with Crippen LogP contribution >= 0.6 is 0 Å². The summed E-state index contributed by atoms with van der Waals surface area (Å²) < 4.78 is 10.3. The number of nitrogens with one attached hydrogen (secondary N) is 3. The molecule has 0 radical (unpaired) electrons. The van der Waals surface area contributed by atoms with Crippen molar-refractivity contribution in [2.45, 2.75) is 6.10 Å². The maximum atomic E-state index is 11.8. The minimum Gasteiger partial charge on any atom is -0.376 e. The van der Waals surface area contributed by atoms with Crippen LogP contribution in [-0.4, -0.2) is 58.5 Å². The van der Waals surface area contributed by atoms with Crippen LogP contribution in [0.15, 0.2) is 24.3 Å². The number of rotatable bonds is 3. The van der Waals surface area contributed by atoms with E-state index in [0.29, 0.717) is 24.7 Å². The van der Waals surface area contributed by atoms with Gasteiger partial charge in [-0.3, -0.25) is 10.1 Å². The van der Waals surface area contributed by atoms with Crippen LogP contribution in [0, 0.1) is 0 Å². The summed E-state index contributed by atoms with van der Waals surface area (Å²) in [6, 6.07) is 6.13. The van der Waals surface area contributed by atoms with E-state index in [0.717, 1.165) is 5.56 Å². The monoisotopic (exact) mass is 318 g/mol. The summed E-state index contributed by atoms with van der Waals surface area (Å²) in [6.07, 6.45) is -0.768. The number of benzene rings is 1. The number of hydrogen-bond acceptors (Lipinski definition) is 7. The van der Waals surface area contributed by atoms with Crippen molar-refractivity contribution in [2.24, 2.45) is 0 Å². The van der Waals surface area contributed by atoms with Gasteiger partial charge in [0.2, 0.25) is 5.82 Å². The number of urea groups is 1. The standard InChI is InChI=1S/C13H14N6O4/c20-12(10-7-22-5-6-23-10)15-13(21)14-9-3-1-8(2-4-9)11-16-18-19-17-11/h1-4,10H,5-7H2,(H2,14,15,20,21)(H,16,17,18,19). The Kier molecular flexibility index (Phi) is 4.54. The molecule has 0 aliphatic carbocycles. The van der Waals surface area contributed by atoms with Crippen molar-refractivity contribution in [1.29, 1.82) is 0 Å². The smallest absolute Gasteiger partial charge is 0.325 e. The van der Waals surface area contributed by atoms with E-state index in [2.05, 4.69) is 31.3 Å². The van der Waals surface area contributed by atoms with Gasteiger partial charge in [-0.2, -0.15) is 5.21 Å². The molecule has 1 fully saturated rings. The first-order valence-electron chi connectivity index (χ1n) is 6.87. The molecule has 3 amide bonds. The molecule has 1 atom stereocenters. The lowest BCUT2D eigenvalue weighted by molar-refractivity contribution is -0.146. The fraction of sp³-hybridized carbons (Fsp3) is 0.308. The Morgan fingerprint density at radius 3 is 2.70 bits per heavy atom. The van der Waals surface area contributed by atoms with E-state index >= 15 is 0 Å². The zero-order valence-electron chi connectivity index (χ0n) is 12.0. The number of carbonyl (C=O) groups excluding carboxylic acids is 2. The van der Waals surface area contributed by atoms with Gasteiger partial charge in [0.25, 0.3) is 5.91 Å². The topological polar surface area (TPSA) is 131 Å². The summed E-state index contributed by atoms with van der Waals surface area (Å²) in [6.45, 7) is 0.915. The number of tetrazole rings is 1. The number of amides is 3. The molecule has 2 aromatic rings. The van der Waals surface area contributed by atoms with Gasteiger partial charge in [0.1, 0.15) is 0 Å². The predicted octanol–water partition coefficient (Wildman–Crippen LogP) is -0.0698. The molecular weight excluding hydrogens is 304 g/mol. The summed E-state index contributed by atoms with van der Waals surface area (Å²) in [4.78, 5) is 23.6. The SMILES string of the molecule is O=C(NC(=O)C1COCCO1)Nc1ccc(-c2nn[nH]n2)cc1. The van der Waals surface area contributed by atoms with E-state index in [1.54, 1.807) is 24.3 Å². The van der Waals surface area contributed by atoms with Gasteiger partial charge in [0.15, 0.2) is 6.10 Å². The number of aromatic nitrogens is 4. The Balaban J connectivity index is 1.54. The summed E-state index contributed by atoms with van der Waals surface area (Å²) >= 11 is 0. The van der Waals surface area contributed by atoms with Crippen molar-refractivity contribution in [2.75, 3.05) is 25.1 Å². The highest BCUT2D eigenvalue weighted by atomic mass is 16.6. The number of nitrogens with zero attached hydrogens (tertiary/aromatic N) is 3. The quantitative estimate of drug-likeness (QED) is 0.722. The Morgan fingerprint density at radius 2 is 2.04 bits per heavy atom. The lowest BCUT2D eigenvalue weighted by Crippen LogP contribution is -2.46. The zero-order valence-corrected chi connectivity index (χ0v) is 12.0. The minimum absolute atomic E-state index is 0.137. The molecular formula is C13H14N6O4. The van der Waals surface area contributed by atoms with E-state index in [-0.39, 0.29) is 6.61 Å². The maximum absolute atomic E-state index is 11.8. The third-order valence-corrected chi connectivity index (χ3v) is 3.09. The first-order valence-corrected chi connectivity index (χ1v) is 6.87. The summed E-state index contributed by atoms with van der Waals surface area (Å²) in [5, 5.41) is 18.3. The molecule has 1 aliphatic rings. The van der Waals surface area contributed by atoms with Crippen molar-refractivity contribution in [3.8, 4) is 11.4 Å². The first-order chi connectivity index (χ1) is 11.2. The minimum atomic E-state index is -0.768. The van der Waals surface area contributed by atoms with Crippen LogP contribution in [0.2, 0.25) is 0 Å². The van der Waals surface area contributed by atoms with E-state index in [4.69, 9.17) is 9.47 Å². The molecule has 10 heteroatoms. The van der Waals surface area contributed by atoms with Gasteiger partial charge < -0.3 is 14.8 Å². The lowest BCUT2D eigenvalue weighted by atomic mass is 10.2. The van der Waals surface area contributed by atoms with Crippen LogP contribution in [0.25, 0.3) is 11.4 Å². The second kappa shape index (κ2) is 6.94. The molecule has 0 bridgehead atoms. The van der Waals surface area contributed by atoms with Crippen LogP contribution < -0.4 is 10.6 Å². The fourth-order valence-electron chi connectivity index (χ4n) is 1.98. The number of aromatic amines is 1. The van der Waals surface area contributed by atoms with E-state index < -0.39 is 18.0 Å². The highest BCUT2D eigenvalue weighted by Crippen LogP contribution is 2.16. The predicted molar refractivity (Wildman–Crippen MR) is 77.3 cm³/mol. The zero-order chi connectivity index (χ0) is 16.1. The van der Waals surface area contributed by atoms with Crippen molar-refractivity contribution >= 4 is 17.6 Å². The summed E-state index contributed by atoms with van der Waals surface area (Å²) in [5.41, 5.74) is 1.26. The van der Waals surface area contributed by atoms with Crippen LogP contribution in [0.5, 0.6) is 0 Å². The molecule has 2 heterocycles. The highest BCUT2D eigenvalue weighted by molar-refractivity contribution is 6.02. The Labute approximate surface area is 130 Å². The molecule has 1 aromatic carbocycles. The average molecular weight is 318 g/mol. The third kappa shape index (κ3) is 3.87. The number of ether oxygens (including phenoxy) is 2. The average Bonchev–Trinajstić information content (AvgIpc) is 3.11. The molecule has 0 saturated carbocycles. The number of anilines is 1. The van der Waals surface area contributed by atoms with Crippen LogP contribution in [0.1, 0.15) is 0 Å². The van der Waals surface area contributed by atoms with Gasteiger partial charge >= 0.3 is 6.03 Å². The van der Waals surface area contributed by atoms with Crippen molar-refractivity contribution in [3.63, 3.8) is 0 Å². The normalized spacial score (nSPS) is 17.5. The van der Waals surface area contributed by atoms with E-state index in [9.17, 15) is 9.59 Å². The number of imide groups is 1. The lowest BCUT2D eigenvalue weighted by Gasteiger charge is -2.21. The second-order valence-corrected chi connectivity index (χ2v) is 4.69. The molecule has 1 aliphatic heterocycles. The Bertz CT molecular complexity index is 666. The number of H-pyrrole nitrogens is 1. The van der Waals surface area contributed by atoms with Crippen LogP contribution in [0.3, 0.4) is 0 Å². The molecule has 120 valence electrons. The molecule has 0 spiro atoms. The number of hydrogen-bond donors (Lipinski definition) is 3. The van der Waals surface area contributed by atoms with E-state index in [1.807, 2.05) is 0 Å². The van der Waals surface area contributed by atoms with Gasteiger partial charge in [-0.05, 0) is 29.5 Å². The molecule has 3 rings (SSSR count). The van der Waals surface area contributed by atoms with Crippen LogP contribution in [-0.2, 0) is 14.3 Å². The van der Waals surface area contributed by atoms with Gasteiger partial charge in [-0.15, -0.1) is 10.2 Å². The third-order valence-electron chi connectivity index (χ3n) is 3.09. The second-order valence-electron chi connectivity index (χ2n) is 4.69. The van der Waals surface area contributed by atoms with Gasteiger partial charge in [0, 0.05) is 11.3 Å². The Hall–Kier alpha value is -2.85. The van der Waals surface area contributed by atoms with Crippen LogP contribution in [0.4, 0.5) is 10.5 Å². The molecule has 10 nitrogen and oxygen atoms in total. The first kappa shape index (κ1) is 15.1. The Morgan fingerprint density at radius 1 is 1.22 bits per heavy atom. The fourth-order valence-corrected chi connectivity index (χ4v) is 1.98. The maximum Gasteiger partial charge on any atom is 0.325 e. The van der Waals surface area contributed by atoms with E-state index in [1.165, 1.54) is 0 Å². The van der Waals surface area contributed by atoms with Crippen molar-refractivity contribution in [3.05, 3.63) is 24.3 Å². The molecule has 1 aromatic heterocycles. The molecule has 3 N–H and O–H groups in total. The largest absolute Gasteiger partial charge is 0.376 e. The van der Waals surface area contributed by atoms with Crippen molar-refractivity contribution in [1.82, 2.24) is 25.9 Å². The van der Waals surface area contributed by atoms with Gasteiger partial charge in [0.05, 0.1) is 19.8 Å².